The van der Waals surface area contributed by atoms with Crippen molar-refractivity contribution in [2.75, 3.05) is 12.0 Å². The number of piperidine rings is 1. The molecule has 0 saturated carbocycles. The SMILES string of the molecule is C/C(=N\Nc1ccccc1)C1CC2C=C(C#N)C1N(Cc1ccccc1)C2.[O-][Cl+](O)(O)O. The molecule has 5 rings (SSSR count). The van der Waals surface area contributed by atoms with Crippen molar-refractivity contribution in [3.8, 4) is 6.07 Å². The predicted molar refractivity (Wildman–Crippen MR) is 116 cm³/mol. The molecule has 0 amide bonds. The number of anilines is 1. The maximum absolute atomic E-state index is 9.70. The van der Waals surface area contributed by atoms with E-state index in [1.807, 2.05) is 36.4 Å². The third kappa shape index (κ3) is 6.87. The van der Waals surface area contributed by atoms with Gasteiger partial charge < -0.3 is 0 Å². The van der Waals surface area contributed by atoms with Crippen LogP contribution in [0.3, 0.4) is 0 Å². The van der Waals surface area contributed by atoms with Crippen LogP contribution in [0.1, 0.15) is 18.9 Å². The van der Waals surface area contributed by atoms with Crippen molar-refractivity contribution in [2.24, 2.45) is 16.9 Å². The maximum atomic E-state index is 9.70. The molecule has 3 atom stereocenters. The molecule has 0 aromatic heterocycles. The van der Waals surface area contributed by atoms with E-state index in [-0.39, 0.29) is 12.0 Å². The Balaban J connectivity index is 0.000000523. The molecule has 0 radical (unpaired) electrons. The summed E-state index contributed by atoms with van der Waals surface area (Å²) in [5, 5.41) is 14.4. The summed E-state index contributed by atoms with van der Waals surface area (Å²) >= 11 is 0. The van der Waals surface area contributed by atoms with Crippen molar-refractivity contribution in [2.45, 2.75) is 25.9 Å². The average molecular weight is 459 g/mol. The van der Waals surface area contributed by atoms with Gasteiger partial charge in [-0.25, -0.2) is 0 Å². The molecule has 2 aliphatic heterocycles. The topological polar surface area (TPSA) is 135 Å². The van der Waals surface area contributed by atoms with Crippen molar-refractivity contribution < 1.29 is 28.9 Å². The van der Waals surface area contributed by atoms with Crippen LogP contribution in [-0.4, -0.2) is 37.2 Å². The van der Waals surface area contributed by atoms with Gasteiger partial charge in [-0.3, -0.25) is 10.3 Å². The molecule has 32 heavy (non-hydrogen) atoms. The van der Waals surface area contributed by atoms with E-state index in [1.165, 1.54) is 5.56 Å². The van der Waals surface area contributed by atoms with Crippen LogP contribution in [0, 0.1) is 33.4 Å². The number of nitriles is 1. The molecule has 2 aromatic carbocycles. The van der Waals surface area contributed by atoms with Crippen molar-refractivity contribution in [3.63, 3.8) is 0 Å². The van der Waals surface area contributed by atoms with Gasteiger partial charge in [0, 0.05) is 30.3 Å². The second-order valence-electron chi connectivity index (χ2n) is 7.86. The van der Waals surface area contributed by atoms with Crippen LogP contribution in [0.15, 0.2) is 77.4 Å². The molecule has 170 valence electrons. The Labute approximate surface area is 189 Å². The predicted octanol–water partition coefficient (Wildman–Crippen LogP) is 1.58. The normalized spacial score (nSPS) is 23.4. The summed E-state index contributed by atoms with van der Waals surface area (Å²) in [4.78, 5) is 2.45. The van der Waals surface area contributed by atoms with E-state index in [0.29, 0.717) is 5.92 Å². The van der Waals surface area contributed by atoms with Gasteiger partial charge in [0.05, 0.1) is 17.8 Å². The van der Waals surface area contributed by atoms with Gasteiger partial charge in [-0.2, -0.15) is 10.4 Å². The van der Waals surface area contributed by atoms with Crippen molar-refractivity contribution in [1.29, 1.82) is 5.26 Å². The molecule has 3 aliphatic rings. The summed E-state index contributed by atoms with van der Waals surface area (Å²) in [5.41, 5.74) is 7.40. The van der Waals surface area contributed by atoms with E-state index in [9.17, 15) is 5.26 Å². The Morgan fingerprint density at radius 1 is 1.16 bits per heavy atom. The number of nitrogens with one attached hydrogen (secondary N) is 1. The Hall–Kier alpha value is -2.77. The summed E-state index contributed by atoms with van der Waals surface area (Å²) in [7, 11) is -4.19. The molecule has 1 saturated heterocycles. The Bertz CT molecular complexity index is 981. The molecular weight excluding hydrogens is 432 g/mol. The third-order valence-electron chi connectivity index (χ3n) is 5.56. The molecule has 1 fully saturated rings. The number of hydrogen-bond donors (Lipinski definition) is 4. The third-order valence-corrected chi connectivity index (χ3v) is 5.56. The zero-order valence-corrected chi connectivity index (χ0v) is 18.4. The first-order valence-corrected chi connectivity index (χ1v) is 11.5. The van der Waals surface area contributed by atoms with Gasteiger partial charge in [-0.15, -0.1) is 0 Å². The Morgan fingerprint density at radius 3 is 2.34 bits per heavy atom. The van der Waals surface area contributed by atoms with Crippen molar-refractivity contribution >= 4 is 11.4 Å². The molecule has 2 bridgehead atoms. The number of hydrogen-bond acceptors (Lipinski definition) is 8. The van der Waals surface area contributed by atoms with E-state index in [1.54, 1.807) is 0 Å². The second-order valence-corrected chi connectivity index (χ2v) is 8.73. The first-order valence-electron chi connectivity index (χ1n) is 10.2. The van der Waals surface area contributed by atoms with E-state index >= 15 is 0 Å². The first kappa shape index (κ1) is 23.9. The number of rotatable bonds is 5. The minimum atomic E-state index is -4.19. The van der Waals surface area contributed by atoms with E-state index in [2.05, 4.69) is 58.8 Å². The fraction of sp³-hybridized carbons (Fsp3) is 0.304. The fourth-order valence-electron chi connectivity index (χ4n) is 4.32. The van der Waals surface area contributed by atoms with E-state index in [4.69, 9.17) is 18.6 Å². The monoisotopic (exact) mass is 458 g/mol. The number of halogens is 1. The number of para-hydroxylation sites is 1. The van der Waals surface area contributed by atoms with Crippen LogP contribution in [0.4, 0.5) is 5.69 Å². The summed E-state index contributed by atoms with van der Waals surface area (Å²) < 4.78 is 30.2. The van der Waals surface area contributed by atoms with Gasteiger partial charge in [0.1, 0.15) is 0 Å². The van der Waals surface area contributed by atoms with Crippen molar-refractivity contribution in [3.05, 3.63) is 77.9 Å². The number of benzene rings is 2. The molecular formula is C23H27ClN4O4. The number of hydrazone groups is 1. The fourth-order valence-corrected chi connectivity index (χ4v) is 4.32. The van der Waals surface area contributed by atoms with Gasteiger partial charge >= 0.3 is 28.9 Å². The van der Waals surface area contributed by atoms with Crippen LogP contribution in [0.5, 0.6) is 0 Å². The number of nitrogens with zero attached hydrogens (tertiary/aromatic N) is 3. The second kappa shape index (κ2) is 10.7. The van der Waals surface area contributed by atoms with Crippen LogP contribution in [0.2, 0.25) is 0 Å². The summed E-state index contributed by atoms with van der Waals surface area (Å²) in [6.07, 6.45) is 3.24. The molecule has 8 nitrogen and oxygen atoms in total. The van der Waals surface area contributed by atoms with E-state index < -0.39 is 10.2 Å². The summed E-state index contributed by atoms with van der Waals surface area (Å²) in [5.74, 6) is 0.684. The van der Waals surface area contributed by atoms with Crippen molar-refractivity contribution in [1.82, 2.24) is 4.90 Å². The molecule has 2 aromatic rings. The zero-order chi connectivity index (χ0) is 23.1. The zero-order valence-electron chi connectivity index (χ0n) is 17.7. The Morgan fingerprint density at radius 2 is 1.75 bits per heavy atom. The molecule has 9 heteroatoms. The van der Waals surface area contributed by atoms with Crippen LogP contribution in [0.25, 0.3) is 0 Å². The minimum absolute atomic E-state index is 0.113. The molecule has 3 unspecified atom stereocenters. The molecule has 0 spiro atoms. The van der Waals surface area contributed by atoms with Gasteiger partial charge in [-0.1, -0.05) is 54.6 Å². The standard InChI is InChI=1S/C23H24N4.ClH3O4/c1-17(25-26-21-10-6-3-7-11-21)22-13-19-12-20(14-24)23(22)27(16-19)15-18-8-4-2-5-9-18;2-1(3,4)5/h2-12,19,22-23,26H,13,15-16H2,1H3;2-4H/b25-17+;. The number of fused-ring (bicyclic) bond motifs is 2. The summed E-state index contributed by atoms with van der Waals surface area (Å²) in [6.45, 7) is 3.97. The molecule has 2 heterocycles. The van der Waals surface area contributed by atoms with Gasteiger partial charge in [0.2, 0.25) is 0 Å². The van der Waals surface area contributed by atoms with Crippen LogP contribution >= 0.6 is 0 Å². The van der Waals surface area contributed by atoms with E-state index in [0.717, 1.165) is 36.5 Å². The first-order chi connectivity index (χ1) is 15.2. The average Bonchev–Trinajstić information content (AvgIpc) is 2.77. The molecule has 4 N–H and O–H groups in total. The van der Waals surface area contributed by atoms with Gasteiger partial charge in [0.25, 0.3) is 0 Å². The van der Waals surface area contributed by atoms with Crippen LogP contribution < -0.4 is 10.1 Å². The van der Waals surface area contributed by atoms with Crippen LogP contribution in [-0.2, 0) is 6.54 Å². The quantitative estimate of drug-likeness (QED) is 0.394. The molecule has 1 aliphatic carbocycles. The van der Waals surface area contributed by atoms with Gasteiger partial charge in [-0.05, 0) is 37.0 Å². The summed E-state index contributed by atoms with van der Waals surface area (Å²) in [6, 6.07) is 23.1. The van der Waals surface area contributed by atoms with Gasteiger partial charge in [0.15, 0.2) is 0 Å². The Kier molecular flexibility index (Phi) is 7.99.